The molecule has 2 aromatic carbocycles. The van der Waals surface area contributed by atoms with Gasteiger partial charge in [-0.25, -0.2) is 4.98 Å². The molecule has 0 radical (unpaired) electrons. The van der Waals surface area contributed by atoms with Gasteiger partial charge in [0.2, 0.25) is 5.91 Å². The molecule has 1 aromatic heterocycles. The molecule has 0 saturated carbocycles. The van der Waals surface area contributed by atoms with Crippen molar-refractivity contribution in [3.63, 3.8) is 0 Å². The number of oxime groups is 1. The van der Waals surface area contributed by atoms with Crippen LogP contribution in [0.1, 0.15) is 18.2 Å². The van der Waals surface area contributed by atoms with Crippen molar-refractivity contribution >= 4 is 39.5 Å². The standard InChI is InChI=1S/C23H21N3O4S/c1-15(19-11-8-17-4-2-3-5-20(17)24-19)26-30-13-12-29-18-9-6-16(7-10-18)14-21-22(27)25-23(28)31-21/h2-11,21H,12-14H2,1H3,(H,25,27,28)/b26-15-. The molecule has 0 aliphatic carbocycles. The van der Waals surface area contributed by atoms with Crippen LogP contribution in [0.25, 0.3) is 10.9 Å². The Kier molecular flexibility index (Phi) is 6.47. The first-order chi connectivity index (χ1) is 15.1. The molecule has 0 spiro atoms. The van der Waals surface area contributed by atoms with E-state index in [9.17, 15) is 9.59 Å². The summed E-state index contributed by atoms with van der Waals surface area (Å²) in [7, 11) is 0. The monoisotopic (exact) mass is 435 g/mol. The van der Waals surface area contributed by atoms with Crippen molar-refractivity contribution in [3.8, 4) is 5.75 Å². The number of pyridine rings is 1. The second-order valence-electron chi connectivity index (χ2n) is 6.98. The maximum atomic E-state index is 11.6. The van der Waals surface area contributed by atoms with Gasteiger partial charge in [0.15, 0.2) is 6.61 Å². The summed E-state index contributed by atoms with van der Waals surface area (Å²) in [6.45, 7) is 2.50. The maximum absolute atomic E-state index is 11.6. The van der Waals surface area contributed by atoms with Crippen molar-refractivity contribution in [2.24, 2.45) is 5.16 Å². The van der Waals surface area contributed by atoms with Gasteiger partial charge >= 0.3 is 0 Å². The van der Waals surface area contributed by atoms with Crippen LogP contribution >= 0.6 is 11.8 Å². The van der Waals surface area contributed by atoms with Crippen molar-refractivity contribution in [2.45, 2.75) is 18.6 Å². The highest BCUT2D eigenvalue weighted by Gasteiger charge is 2.31. The number of benzene rings is 2. The zero-order valence-electron chi connectivity index (χ0n) is 16.9. The fourth-order valence-corrected chi connectivity index (χ4v) is 3.98. The molecule has 2 amide bonds. The van der Waals surface area contributed by atoms with Gasteiger partial charge in [0.25, 0.3) is 5.24 Å². The quantitative estimate of drug-likeness (QED) is 0.327. The van der Waals surface area contributed by atoms with E-state index in [-0.39, 0.29) is 16.4 Å². The molecule has 2 heterocycles. The number of para-hydroxylation sites is 1. The normalized spacial score (nSPS) is 16.4. The first kappa shape index (κ1) is 20.9. The molecule has 1 aliphatic heterocycles. The molecule has 31 heavy (non-hydrogen) atoms. The highest BCUT2D eigenvalue weighted by molar-refractivity contribution is 8.15. The third-order valence-electron chi connectivity index (χ3n) is 4.73. The second-order valence-corrected chi connectivity index (χ2v) is 8.15. The minimum Gasteiger partial charge on any atom is -0.490 e. The van der Waals surface area contributed by atoms with Crippen LogP contribution < -0.4 is 10.1 Å². The van der Waals surface area contributed by atoms with E-state index in [0.717, 1.165) is 33.9 Å². The molecule has 3 aromatic rings. The van der Waals surface area contributed by atoms with Gasteiger partial charge in [-0.05, 0) is 43.2 Å². The van der Waals surface area contributed by atoms with Gasteiger partial charge in [-0.15, -0.1) is 0 Å². The summed E-state index contributed by atoms with van der Waals surface area (Å²) in [4.78, 5) is 32.8. The minimum atomic E-state index is -0.370. The van der Waals surface area contributed by atoms with Crippen LogP contribution in [0.15, 0.2) is 65.8 Å². The molecule has 4 rings (SSSR count). The maximum Gasteiger partial charge on any atom is 0.286 e. The lowest BCUT2D eigenvalue weighted by Crippen LogP contribution is -2.25. The molecular weight excluding hydrogens is 414 g/mol. The molecule has 1 saturated heterocycles. The van der Waals surface area contributed by atoms with Gasteiger partial charge in [-0.2, -0.15) is 0 Å². The summed E-state index contributed by atoms with van der Waals surface area (Å²) in [5.41, 5.74) is 3.35. The number of nitrogens with zero attached hydrogens (tertiary/aromatic N) is 2. The van der Waals surface area contributed by atoms with E-state index in [2.05, 4.69) is 15.5 Å². The number of amides is 2. The van der Waals surface area contributed by atoms with Crippen LogP contribution in [-0.4, -0.2) is 40.3 Å². The Labute approximate surface area is 183 Å². The van der Waals surface area contributed by atoms with E-state index < -0.39 is 0 Å². The number of nitrogens with one attached hydrogen (secondary N) is 1. The van der Waals surface area contributed by atoms with E-state index in [4.69, 9.17) is 9.57 Å². The van der Waals surface area contributed by atoms with Gasteiger partial charge < -0.3 is 9.57 Å². The molecule has 7 nitrogen and oxygen atoms in total. The summed E-state index contributed by atoms with van der Waals surface area (Å²) in [6.07, 6.45) is 0.502. The topological polar surface area (TPSA) is 89.9 Å². The van der Waals surface area contributed by atoms with Gasteiger partial charge in [0, 0.05) is 5.39 Å². The highest BCUT2D eigenvalue weighted by atomic mass is 32.2. The average molecular weight is 436 g/mol. The lowest BCUT2D eigenvalue weighted by Gasteiger charge is -2.08. The number of hydrogen-bond acceptors (Lipinski definition) is 7. The molecule has 1 fully saturated rings. The number of hydrogen-bond donors (Lipinski definition) is 1. The predicted octanol–water partition coefficient (Wildman–Crippen LogP) is 3.95. The van der Waals surface area contributed by atoms with Crippen LogP contribution in [0.3, 0.4) is 0 Å². The molecule has 1 unspecified atom stereocenters. The second kappa shape index (κ2) is 9.61. The van der Waals surface area contributed by atoms with Crippen molar-refractivity contribution in [1.29, 1.82) is 0 Å². The predicted molar refractivity (Wildman–Crippen MR) is 120 cm³/mol. The molecular formula is C23H21N3O4S. The van der Waals surface area contributed by atoms with E-state index in [1.807, 2.05) is 67.6 Å². The van der Waals surface area contributed by atoms with Crippen LogP contribution in [0.4, 0.5) is 4.79 Å². The number of ether oxygens (including phenoxy) is 1. The van der Waals surface area contributed by atoms with Gasteiger partial charge in [0.05, 0.1) is 16.5 Å². The van der Waals surface area contributed by atoms with Crippen LogP contribution in [-0.2, 0) is 16.1 Å². The number of carbonyl (C=O) groups excluding carboxylic acids is 2. The van der Waals surface area contributed by atoms with E-state index in [1.54, 1.807) is 0 Å². The van der Waals surface area contributed by atoms with Crippen LogP contribution in [0.2, 0.25) is 0 Å². The van der Waals surface area contributed by atoms with Crippen molar-refractivity contribution in [1.82, 2.24) is 10.3 Å². The Morgan fingerprint density at radius 2 is 1.87 bits per heavy atom. The summed E-state index contributed by atoms with van der Waals surface area (Å²) >= 11 is 1.03. The third kappa shape index (κ3) is 5.40. The Hall–Kier alpha value is -3.39. The number of imide groups is 1. The van der Waals surface area contributed by atoms with Crippen molar-refractivity contribution in [2.75, 3.05) is 13.2 Å². The molecule has 0 bridgehead atoms. The van der Waals surface area contributed by atoms with Crippen molar-refractivity contribution in [3.05, 3.63) is 71.9 Å². The largest absolute Gasteiger partial charge is 0.490 e. The number of rotatable bonds is 8. The van der Waals surface area contributed by atoms with Gasteiger partial charge in [-0.1, -0.05) is 53.3 Å². The van der Waals surface area contributed by atoms with E-state index in [0.29, 0.717) is 31.1 Å². The summed E-state index contributed by atoms with van der Waals surface area (Å²) in [5, 5.41) is 6.84. The molecule has 1 aliphatic rings. The Bertz CT molecular complexity index is 1130. The lowest BCUT2D eigenvalue weighted by atomic mass is 10.1. The van der Waals surface area contributed by atoms with E-state index in [1.165, 1.54) is 0 Å². The number of thioether (sulfide) groups is 1. The van der Waals surface area contributed by atoms with Gasteiger partial charge in [-0.3, -0.25) is 14.9 Å². The summed E-state index contributed by atoms with van der Waals surface area (Å²) < 4.78 is 5.67. The Balaban J connectivity index is 1.23. The molecule has 8 heteroatoms. The smallest absolute Gasteiger partial charge is 0.286 e. The molecule has 1 atom stereocenters. The lowest BCUT2D eigenvalue weighted by molar-refractivity contribution is -0.118. The number of aromatic nitrogens is 1. The first-order valence-electron chi connectivity index (χ1n) is 9.84. The van der Waals surface area contributed by atoms with Crippen molar-refractivity contribution < 1.29 is 19.2 Å². The highest BCUT2D eigenvalue weighted by Crippen LogP contribution is 2.23. The zero-order chi connectivity index (χ0) is 21.6. The third-order valence-corrected chi connectivity index (χ3v) is 5.71. The zero-order valence-corrected chi connectivity index (χ0v) is 17.7. The SMILES string of the molecule is C/C(=N/OCCOc1ccc(CC2SC(=O)NC2=O)cc1)c1ccc2ccccc2n1. The fourth-order valence-electron chi connectivity index (χ4n) is 3.12. The van der Waals surface area contributed by atoms with Crippen LogP contribution in [0.5, 0.6) is 5.75 Å². The minimum absolute atomic E-state index is 0.234. The summed E-state index contributed by atoms with van der Waals surface area (Å²) in [6, 6.07) is 19.3. The molecule has 158 valence electrons. The Morgan fingerprint density at radius 1 is 1.06 bits per heavy atom. The summed E-state index contributed by atoms with van der Waals surface area (Å²) in [5.74, 6) is 0.464. The van der Waals surface area contributed by atoms with E-state index >= 15 is 0 Å². The number of carbonyl (C=O) groups is 2. The van der Waals surface area contributed by atoms with Crippen LogP contribution in [0, 0.1) is 0 Å². The average Bonchev–Trinajstić information content (AvgIpc) is 3.10. The Morgan fingerprint density at radius 3 is 2.65 bits per heavy atom. The fraction of sp³-hybridized carbons (Fsp3) is 0.217. The van der Waals surface area contributed by atoms with Gasteiger partial charge in [0.1, 0.15) is 18.1 Å². The number of fused-ring (bicyclic) bond motifs is 1. The molecule has 1 N–H and O–H groups in total. The first-order valence-corrected chi connectivity index (χ1v) is 10.7.